The summed E-state index contributed by atoms with van der Waals surface area (Å²) in [7, 11) is 0. The van der Waals surface area contributed by atoms with E-state index < -0.39 is 0 Å². The molecule has 1 aromatic heterocycles. The second-order valence-corrected chi connectivity index (χ2v) is 5.53. The van der Waals surface area contributed by atoms with Crippen molar-refractivity contribution in [2.75, 3.05) is 0 Å². The molecule has 106 valence electrons. The van der Waals surface area contributed by atoms with Gasteiger partial charge in [-0.25, -0.2) is 0 Å². The van der Waals surface area contributed by atoms with Gasteiger partial charge in [0.1, 0.15) is 0 Å². The number of nitrogens with zero attached hydrogens (tertiary/aromatic N) is 1. The molecule has 3 aromatic rings. The number of hydrogen-bond acceptors (Lipinski definition) is 2. The first-order chi connectivity index (χ1) is 10.2. The van der Waals surface area contributed by atoms with Crippen LogP contribution in [0.2, 0.25) is 0 Å². The molecule has 2 nitrogen and oxygen atoms in total. The molecule has 0 saturated heterocycles. The van der Waals surface area contributed by atoms with Gasteiger partial charge in [0.2, 0.25) is 0 Å². The molecule has 0 unspecified atom stereocenters. The Morgan fingerprint density at radius 1 is 0.905 bits per heavy atom. The topological polar surface area (TPSA) is 24.9 Å². The van der Waals surface area contributed by atoms with Crippen molar-refractivity contribution in [2.45, 2.75) is 26.9 Å². The summed E-state index contributed by atoms with van der Waals surface area (Å²) in [6.45, 7) is 5.93. The van der Waals surface area contributed by atoms with Gasteiger partial charge < -0.3 is 5.32 Å². The van der Waals surface area contributed by atoms with Crippen molar-refractivity contribution in [3.8, 4) is 0 Å². The van der Waals surface area contributed by atoms with Crippen molar-refractivity contribution in [1.82, 2.24) is 10.3 Å². The highest BCUT2D eigenvalue weighted by Gasteiger charge is 2.03. The van der Waals surface area contributed by atoms with Gasteiger partial charge in [0, 0.05) is 24.2 Å². The molecule has 0 aliphatic heterocycles. The van der Waals surface area contributed by atoms with Crippen LogP contribution >= 0.6 is 0 Å². The number of para-hydroxylation sites is 1. The van der Waals surface area contributed by atoms with Crippen LogP contribution in [-0.2, 0) is 13.1 Å². The van der Waals surface area contributed by atoms with Crippen LogP contribution in [0.4, 0.5) is 0 Å². The number of fused-ring (bicyclic) bond motifs is 1. The van der Waals surface area contributed by atoms with E-state index in [9.17, 15) is 0 Å². The lowest BCUT2D eigenvalue weighted by atomic mass is 10.1. The van der Waals surface area contributed by atoms with E-state index in [0.29, 0.717) is 0 Å². The molecule has 1 N–H and O–H groups in total. The number of rotatable bonds is 4. The zero-order chi connectivity index (χ0) is 14.7. The van der Waals surface area contributed by atoms with Crippen LogP contribution in [0.25, 0.3) is 10.9 Å². The molecule has 0 radical (unpaired) electrons. The summed E-state index contributed by atoms with van der Waals surface area (Å²) < 4.78 is 0. The van der Waals surface area contributed by atoms with Gasteiger partial charge >= 0.3 is 0 Å². The van der Waals surface area contributed by atoms with E-state index in [0.717, 1.165) is 24.3 Å². The number of pyridine rings is 1. The minimum Gasteiger partial charge on any atom is -0.309 e. The maximum Gasteiger partial charge on any atom is 0.0708 e. The monoisotopic (exact) mass is 276 g/mol. The fourth-order valence-corrected chi connectivity index (χ4v) is 2.70. The summed E-state index contributed by atoms with van der Waals surface area (Å²) in [5.74, 6) is 0. The molecule has 0 spiro atoms. The summed E-state index contributed by atoms with van der Waals surface area (Å²) >= 11 is 0. The fourth-order valence-electron chi connectivity index (χ4n) is 2.70. The predicted molar refractivity (Wildman–Crippen MR) is 88.2 cm³/mol. The van der Waals surface area contributed by atoms with E-state index in [2.05, 4.69) is 72.7 Å². The maximum atomic E-state index is 4.59. The molecule has 2 heteroatoms. The van der Waals surface area contributed by atoms with Gasteiger partial charge in [0.05, 0.1) is 5.52 Å². The molecular formula is C19H20N2. The van der Waals surface area contributed by atoms with E-state index in [4.69, 9.17) is 0 Å². The molecule has 0 bridgehead atoms. The molecule has 0 saturated carbocycles. The van der Waals surface area contributed by atoms with Gasteiger partial charge in [0.25, 0.3) is 0 Å². The molecule has 0 atom stereocenters. The second-order valence-electron chi connectivity index (χ2n) is 5.53. The summed E-state index contributed by atoms with van der Waals surface area (Å²) in [5.41, 5.74) is 6.08. The SMILES string of the molecule is Cc1cccc(CNCc2cc(C)nc3ccccc23)c1. The average molecular weight is 276 g/mol. The normalized spacial score (nSPS) is 11.0. The fraction of sp³-hybridized carbons (Fsp3) is 0.211. The molecule has 0 fully saturated rings. The molecule has 0 aliphatic carbocycles. The minimum absolute atomic E-state index is 0.859. The third-order valence-electron chi connectivity index (χ3n) is 3.66. The van der Waals surface area contributed by atoms with E-state index >= 15 is 0 Å². The first-order valence-electron chi connectivity index (χ1n) is 7.34. The molecular weight excluding hydrogens is 256 g/mol. The van der Waals surface area contributed by atoms with Crippen LogP contribution < -0.4 is 5.32 Å². The van der Waals surface area contributed by atoms with Crippen LogP contribution in [0.1, 0.15) is 22.4 Å². The molecule has 2 aromatic carbocycles. The Morgan fingerprint density at radius 2 is 1.76 bits per heavy atom. The van der Waals surface area contributed by atoms with Crippen molar-refractivity contribution in [2.24, 2.45) is 0 Å². The lowest BCUT2D eigenvalue weighted by Gasteiger charge is -2.10. The first kappa shape index (κ1) is 13.8. The Kier molecular flexibility index (Phi) is 3.98. The highest BCUT2D eigenvalue weighted by molar-refractivity contribution is 5.82. The van der Waals surface area contributed by atoms with E-state index in [1.807, 2.05) is 6.07 Å². The number of benzene rings is 2. The van der Waals surface area contributed by atoms with Gasteiger partial charge in [-0.3, -0.25) is 4.98 Å². The molecule has 3 rings (SSSR count). The summed E-state index contributed by atoms with van der Waals surface area (Å²) in [4.78, 5) is 4.59. The average Bonchev–Trinajstić information content (AvgIpc) is 2.47. The van der Waals surface area contributed by atoms with Crippen molar-refractivity contribution in [1.29, 1.82) is 0 Å². The van der Waals surface area contributed by atoms with Crippen LogP contribution in [-0.4, -0.2) is 4.98 Å². The van der Waals surface area contributed by atoms with Gasteiger partial charge in [-0.2, -0.15) is 0 Å². The Morgan fingerprint density at radius 3 is 2.62 bits per heavy atom. The third-order valence-corrected chi connectivity index (χ3v) is 3.66. The summed E-state index contributed by atoms with van der Waals surface area (Å²) in [5, 5.41) is 4.77. The van der Waals surface area contributed by atoms with Gasteiger partial charge in [0.15, 0.2) is 0 Å². The standard InChI is InChI=1S/C19H20N2/c1-14-6-5-7-16(10-14)12-20-13-17-11-15(2)21-19-9-4-3-8-18(17)19/h3-11,20H,12-13H2,1-2H3. The van der Waals surface area contributed by atoms with Gasteiger partial charge in [-0.05, 0) is 37.1 Å². The summed E-state index contributed by atoms with van der Waals surface area (Å²) in [6, 6.07) is 19.1. The summed E-state index contributed by atoms with van der Waals surface area (Å²) in [6.07, 6.45) is 0. The van der Waals surface area contributed by atoms with Crippen molar-refractivity contribution >= 4 is 10.9 Å². The molecule has 0 amide bonds. The van der Waals surface area contributed by atoms with Gasteiger partial charge in [-0.15, -0.1) is 0 Å². The molecule has 1 heterocycles. The first-order valence-corrected chi connectivity index (χ1v) is 7.34. The highest BCUT2D eigenvalue weighted by Crippen LogP contribution is 2.18. The zero-order valence-electron chi connectivity index (χ0n) is 12.6. The maximum absolute atomic E-state index is 4.59. The van der Waals surface area contributed by atoms with E-state index in [1.54, 1.807) is 0 Å². The largest absolute Gasteiger partial charge is 0.309 e. The van der Waals surface area contributed by atoms with E-state index in [1.165, 1.54) is 22.1 Å². The Hall–Kier alpha value is -2.19. The molecule has 0 aliphatic rings. The lowest BCUT2D eigenvalue weighted by molar-refractivity contribution is 0.695. The van der Waals surface area contributed by atoms with Crippen LogP contribution in [0.5, 0.6) is 0 Å². The van der Waals surface area contributed by atoms with Crippen LogP contribution in [0.15, 0.2) is 54.6 Å². The van der Waals surface area contributed by atoms with Crippen molar-refractivity contribution in [3.05, 3.63) is 77.0 Å². The Labute approximate surface area is 125 Å². The number of nitrogens with one attached hydrogen (secondary N) is 1. The molecule has 21 heavy (non-hydrogen) atoms. The van der Waals surface area contributed by atoms with Crippen LogP contribution in [0.3, 0.4) is 0 Å². The third kappa shape index (κ3) is 3.29. The van der Waals surface area contributed by atoms with Gasteiger partial charge in [-0.1, -0.05) is 48.0 Å². The Bertz CT molecular complexity index is 762. The van der Waals surface area contributed by atoms with Crippen molar-refractivity contribution < 1.29 is 0 Å². The van der Waals surface area contributed by atoms with E-state index in [-0.39, 0.29) is 0 Å². The lowest BCUT2D eigenvalue weighted by Crippen LogP contribution is -2.13. The zero-order valence-corrected chi connectivity index (χ0v) is 12.6. The van der Waals surface area contributed by atoms with Crippen molar-refractivity contribution in [3.63, 3.8) is 0 Å². The predicted octanol–water partition coefficient (Wildman–Crippen LogP) is 4.14. The number of hydrogen-bond donors (Lipinski definition) is 1. The number of aryl methyl sites for hydroxylation is 2. The Balaban J connectivity index is 1.76. The highest BCUT2D eigenvalue weighted by atomic mass is 14.8. The second kappa shape index (κ2) is 6.06. The number of aromatic nitrogens is 1. The van der Waals surface area contributed by atoms with Crippen LogP contribution in [0, 0.1) is 13.8 Å². The quantitative estimate of drug-likeness (QED) is 0.774. The minimum atomic E-state index is 0.859. The smallest absolute Gasteiger partial charge is 0.0708 e.